The van der Waals surface area contributed by atoms with E-state index in [1.807, 2.05) is 35.0 Å². The van der Waals surface area contributed by atoms with E-state index in [2.05, 4.69) is 5.32 Å². The van der Waals surface area contributed by atoms with E-state index in [0.29, 0.717) is 34.3 Å². The smallest absolute Gasteiger partial charge is 0.335 e. The first-order valence-electron chi connectivity index (χ1n) is 11.7. The van der Waals surface area contributed by atoms with Crippen LogP contribution in [0.1, 0.15) is 39.6 Å². The number of halogens is 2. The van der Waals surface area contributed by atoms with Gasteiger partial charge in [0.2, 0.25) is 5.91 Å². The number of carboxylic acids is 1. The van der Waals surface area contributed by atoms with Crippen LogP contribution in [0.2, 0.25) is 5.02 Å². The van der Waals surface area contributed by atoms with E-state index in [9.17, 15) is 19.1 Å². The fourth-order valence-electron chi connectivity index (χ4n) is 5.00. The van der Waals surface area contributed by atoms with Crippen LogP contribution >= 0.6 is 11.6 Å². The molecular weight excluding hydrogens is 495 g/mol. The molecule has 3 aromatic carbocycles. The Morgan fingerprint density at radius 2 is 1.95 bits per heavy atom. The van der Waals surface area contributed by atoms with Gasteiger partial charge >= 0.3 is 5.97 Å². The van der Waals surface area contributed by atoms with Gasteiger partial charge in [0.15, 0.2) is 0 Å². The quantitative estimate of drug-likeness (QED) is 0.267. The molecule has 2 aromatic heterocycles. The van der Waals surface area contributed by atoms with Gasteiger partial charge in [0.1, 0.15) is 17.3 Å². The summed E-state index contributed by atoms with van der Waals surface area (Å²) < 4.78 is 22.1. The van der Waals surface area contributed by atoms with Gasteiger partial charge in [0.25, 0.3) is 0 Å². The topological polar surface area (TPSA) is 84.5 Å². The number of hydrogen-bond donors (Lipinski definition) is 2. The van der Waals surface area contributed by atoms with E-state index in [0.717, 1.165) is 22.0 Å². The molecule has 5 aromatic rings. The van der Waals surface area contributed by atoms with E-state index >= 15 is 0 Å². The summed E-state index contributed by atoms with van der Waals surface area (Å²) in [5, 5.41) is 13.6. The Hall–Kier alpha value is -4.36. The normalized spacial score (nSPS) is 15.0. The third-order valence-electron chi connectivity index (χ3n) is 6.67. The average Bonchev–Trinajstić information content (AvgIpc) is 3.45. The van der Waals surface area contributed by atoms with Crippen molar-refractivity contribution < 1.29 is 23.5 Å². The molecule has 0 fully saturated rings. The maximum atomic E-state index is 13.8. The Morgan fingerprint density at radius 1 is 1.11 bits per heavy atom. The van der Waals surface area contributed by atoms with Crippen LogP contribution in [0.5, 0.6) is 0 Å². The molecule has 6 nitrogen and oxygen atoms in total. The Balaban J connectivity index is 1.46. The molecule has 1 unspecified atom stereocenters. The zero-order chi connectivity index (χ0) is 25.7. The Labute approximate surface area is 215 Å². The number of carbonyl (C=O) groups is 2. The summed E-state index contributed by atoms with van der Waals surface area (Å²) in [6.45, 7) is 0.458. The number of rotatable bonds is 5. The second-order valence-electron chi connectivity index (χ2n) is 9.05. The maximum Gasteiger partial charge on any atom is 0.335 e. The summed E-state index contributed by atoms with van der Waals surface area (Å²) >= 11 is 6.36. The van der Waals surface area contributed by atoms with E-state index in [-0.39, 0.29) is 23.7 Å². The van der Waals surface area contributed by atoms with Gasteiger partial charge in [-0.25, -0.2) is 9.18 Å². The van der Waals surface area contributed by atoms with Gasteiger partial charge in [-0.05, 0) is 65.7 Å². The van der Waals surface area contributed by atoms with Crippen LogP contribution < -0.4 is 5.32 Å². The maximum absolute atomic E-state index is 13.8. The van der Waals surface area contributed by atoms with Crippen molar-refractivity contribution in [3.8, 4) is 11.3 Å². The minimum Gasteiger partial charge on any atom is -0.478 e. The highest BCUT2D eigenvalue weighted by molar-refractivity contribution is 6.33. The summed E-state index contributed by atoms with van der Waals surface area (Å²) in [6.07, 6.45) is 2.15. The molecule has 8 heteroatoms. The molecule has 6 rings (SSSR count). The first-order valence-corrected chi connectivity index (χ1v) is 12.0. The highest BCUT2D eigenvalue weighted by atomic mass is 35.5. The number of carbonyl (C=O) groups excluding carboxylic acids is 1. The molecule has 0 aliphatic carbocycles. The van der Waals surface area contributed by atoms with E-state index in [1.54, 1.807) is 18.2 Å². The zero-order valence-electron chi connectivity index (χ0n) is 19.4. The lowest BCUT2D eigenvalue weighted by molar-refractivity contribution is -0.116. The minimum absolute atomic E-state index is 0.0938. The third-order valence-corrected chi connectivity index (χ3v) is 7.00. The molecule has 1 aliphatic rings. The highest BCUT2D eigenvalue weighted by Gasteiger charge is 2.30. The van der Waals surface area contributed by atoms with Crippen molar-refractivity contribution in [3.63, 3.8) is 0 Å². The lowest BCUT2D eigenvalue weighted by atomic mass is 9.93. The van der Waals surface area contributed by atoms with E-state index < -0.39 is 11.9 Å². The predicted octanol–water partition coefficient (Wildman–Crippen LogP) is 6.91. The fourth-order valence-corrected chi connectivity index (χ4v) is 5.21. The second-order valence-corrected chi connectivity index (χ2v) is 9.46. The predicted molar refractivity (Wildman–Crippen MR) is 139 cm³/mol. The van der Waals surface area contributed by atoms with Crippen LogP contribution in [0.25, 0.3) is 22.2 Å². The van der Waals surface area contributed by atoms with Crippen LogP contribution in [0.3, 0.4) is 0 Å². The van der Waals surface area contributed by atoms with E-state index in [1.165, 1.54) is 30.3 Å². The molecule has 3 heterocycles. The first kappa shape index (κ1) is 23.1. The number of furan rings is 1. The summed E-state index contributed by atoms with van der Waals surface area (Å²) in [6, 6.07) is 20.1. The number of anilines is 1. The minimum atomic E-state index is -1.07. The molecule has 1 amide bonds. The number of carboxylic acid groups (broad SMARTS) is 1. The van der Waals surface area contributed by atoms with Crippen molar-refractivity contribution >= 4 is 40.1 Å². The van der Waals surface area contributed by atoms with Gasteiger partial charge in [0.05, 0.1) is 27.7 Å². The molecule has 0 saturated heterocycles. The number of benzene rings is 3. The Bertz CT molecular complexity index is 1700. The van der Waals surface area contributed by atoms with Crippen molar-refractivity contribution in [2.45, 2.75) is 18.9 Å². The standard InChI is InChI=1S/C29H20ClFN2O4/c30-22-8-7-17(29(35)36)12-20(22)26-10-9-25(37-26)19-13-27(34)32-23-5-2-6-24-28(23)21(19)15-33(24)14-16-3-1-4-18(31)11-16/h1-12,15,19H,13-14H2,(H,32,34)(H,35,36). The van der Waals surface area contributed by atoms with Crippen LogP contribution in [0.4, 0.5) is 10.1 Å². The lowest BCUT2D eigenvalue weighted by Gasteiger charge is -2.11. The Morgan fingerprint density at radius 3 is 2.76 bits per heavy atom. The van der Waals surface area contributed by atoms with Crippen molar-refractivity contribution in [1.82, 2.24) is 4.57 Å². The molecule has 0 spiro atoms. The van der Waals surface area contributed by atoms with Gasteiger partial charge in [-0.2, -0.15) is 0 Å². The molecule has 37 heavy (non-hydrogen) atoms. The number of nitrogens with zero attached hydrogens (tertiary/aromatic N) is 1. The molecule has 0 bridgehead atoms. The van der Waals surface area contributed by atoms with E-state index in [4.69, 9.17) is 16.0 Å². The molecule has 2 N–H and O–H groups in total. The fraction of sp³-hybridized carbons (Fsp3) is 0.103. The number of nitrogens with one attached hydrogen (secondary N) is 1. The first-order chi connectivity index (χ1) is 17.9. The molecular formula is C29H20ClFN2O4. The van der Waals surface area contributed by atoms with Crippen molar-refractivity contribution in [2.75, 3.05) is 5.32 Å². The third kappa shape index (κ3) is 4.17. The molecule has 0 radical (unpaired) electrons. The zero-order valence-corrected chi connectivity index (χ0v) is 20.1. The highest BCUT2D eigenvalue weighted by Crippen LogP contribution is 2.42. The SMILES string of the molecule is O=C1CC(c2ccc(-c3cc(C(=O)O)ccc3Cl)o2)c2cn(Cc3cccc(F)c3)c3cccc(c23)N1. The van der Waals surface area contributed by atoms with Crippen LogP contribution in [0, 0.1) is 5.82 Å². The summed E-state index contributed by atoms with van der Waals surface area (Å²) in [5.41, 5.74) is 3.90. The number of aromatic nitrogens is 1. The number of amides is 1. The van der Waals surface area contributed by atoms with Gasteiger partial charge < -0.3 is 19.4 Å². The second kappa shape index (κ2) is 8.94. The van der Waals surface area contributed by atoms with Crippen LogP contribution in [0.15, 0.2) is 83.4 Å². The molecule has 0 saturated carbocycles. The average molecular weight is 515 g/mol. The number of aromatic carboxylic acids is 1. The summed E-state index contributed by atoms with van der Waals surface area (Å²) in [4.78, 5) is 24.3. The van der Waals surface area contributed by atoms with Crippen molar-refractivity contribution in [1.29, 1.82) is 0 Å². The van der Waals surface area contributed by atoms with Crippen LogP contribution in [-0.4, -0.2) is 21.6 Å². The molecule has 1 aliphatic heterocycles. The largest absolute Gasteiger partial charge is 0.478 e. The monoisotopic (exact) mass is 514 g/mol. The molecule has 1 atom stereocenters. The Kier molecular flexibility index (Phi) is 5.57. The van der Waals surface area contributed by atoms with Crippen molar-refractivity contribution in [3.05, 3.63) is 112 Å². The van der Waals surface area contributed by atoms with Crippen molar-refractivity contribution in [2.24, 2.45) is 0 Å². The van der Waals surface area contributed by atoms with Gasteiger partial charge in [0, 0.05) is 30.1 Å². The van der Waals surface area contributed by atoms with Crippen LogP contribution in [-0.2, 0) is 11.3 Å². The van der Waals surface area contributed by atoms with Gasteiger partial charge in [-0.1, -0.05) is 29.8 Å². The van der Waals surface area contributed by atoms with Gasteiger partial charge in [-0.3, -0.25) is 4.79 Å². The lowest BCUT2D eigenvalue weighted by Crippen LogP contribution is -2.13. The van der Waals surface area contributed by atoms with Gasteiger partial charge in [-0.15, -0.1) is 0 Å². The number of hydrogen-bond acceptors (Lipinski definition) is 3. The summed E-state index contributed by atoms with van der Waals surface area (Å²) in [7, 11) is 0. The summed E-state index contributed by atoms with van der Waals surface area (Å²) in [5.74, 6) is -0.928. The molecule has 184 valence electrons.